The molecule has 0 aromatic heterocycles. The molecule has 5 nitrogen and oxygen atoms in total. The van der Waals surface area contributed by atoms with Crippen LogP contribution in [0.1, 0.15) is 5.56 Å². The van der Waals surface area contributed by atoms with Crippen LogP contribution >= 0.6 is 11.8 Å². The van der Waals surface area contributed by atoms with Crippen LogP contribution in [-0.2, 0) is 16.1 Å². The van der Waals surface area contributed by atoms with Crippen LogP contribution in [0.3, 0.4) is 0 Å². The van der Waals surface area contributed by atoms with Crippen LogP contribution in [-0.4, -0.2) is 41.4 Å². The lowest BCUT2D eigenvalue weighted by atomic mass is 10.2. The molecule has 0 bridgehead atoms. The molecule has 2 N–H and O–H groups in total. The van der Waals surface area contributed by atoms with E-state index in [4.69, 9.17) is 9.84 Å². The monoisotopic (exact) mass is 301 g/mol. The highest BCUT2D eigenvalue weighted by Crippen LogP contribution is 2.05. The first-order chi connectivity index (χ1) is 9.63. The van der Waals surface area contributed by atoms with Crippen molar-refractivity contribution in [3.8, 4) is 0 Å². The molecule has 0 spiro atoms. The summed E-state index contributed by atoms with van der Waals surface area (Å²) in [5.41, 5.74) is 0.807. The minimum atomic E-state index is -1.17. The second kappa shape index (κ2) is 9.19. The minimum absolute atomic E-state index is 0.0661. The molecule has 20 heavy (non-hydrogen) atoms. The third-order valence-corrected chi connectivity index (χ3v) is 3.32. The highest BCUT2D eigenvalue weighted by Gasteiger charge is 2.20. The van der Waals surface area contributed by atoms with Gasteiger partial charge in [-0.15, -0.1) is 0 Å². The zero-order valence-corrected chi connectivity index (χ0v) is 11.6. The summed E-state index contributed by atoms with van der Waals surface area (Å²) in [7, 11) is 0. The van der Waals surface area contributed by atoms with Gasteiger partial charge in [0.25, 0.3) is 0 Å². The SMILES string of the molecule is O=C(NC(CSCCF)C(=O)O)OCc1ccccc1. The van der Waals surface area contributed by atoms with Crippen molar-refractivity contribution < 1.29 is 23.8 Å². The lowest BCUT2D eigenvalue weighted by Gasteiger charge is -2.14. The van der Waals surface area contributed by atoms with Crippen LogP contribution in [0.2, 0.25) is 0 Å². The number of alkyl halides is 1. The van der Waals surface area contributed by atoms with E-state index < -0.39 is 24.8 Å². The van der Waals surface area contributed by atoms with Gasteiger partial charge in [0.2, 0.25) is 0 Å². The topological polar surface area (TPSA) is 75.6 Å². The van der Waals surface area contributed by atoms with Crippen molar-refractivity contribution in [2.24, 2.45) is 0 Å². The highest BCUT2D eigenvalue weighted by molar-refractivity contribution is 7.99. The predicted octanol–water partition coefficient (Wildman–Crippen LogP) is 2.07. The lowest BCUT2D eigenvalue weighted by Crippen LogP contribution is -2.42. The van der Waals surface area contributed by atoms with E-state index in [1.807, 2.05) is 18.2 Å². The molecular weight excluding hydrogens is 285 g/mol. The molecule has 1 unspecified atom stereocenters. The fraction of sp³-hybridized carbons (Fsp3) is 0.385. The van der Waals surface area contributed by atoms with Crippen molar-refractivity contribution >= 4 is 23.8 Å². The average Bonchev–Trinajstić information content (AvgIpc) is 2.45. The van der Waals surface area contributed by atoms with Crippen molar-refractivity contribution in [3.63, 3.8) is 0 Å². The Morgan fingerprint density at radius 2 is 2.05 bits per heavy atom. The second-order valence-electron chi connectivity index (χ2n) is 3.86. The van der Waals surface area contributed by atoms with Crippen LogP contribution in [0.25, 0.3) is 0 Å². The minimum Gasteiger partial charge on any atom is -0.480 e. The van der Waals surface area contributed by atoms with Gasteiger partial charge in [-0.1, -0.05) is 30.3 Å². The second-order valence-corrected chi connectivity index (χ2v) is 5.01. The molecule has 1 rings (SSSR count). The summed E-state index contributed by atoms with van der Waals surface area (Å²) < 4.78 is 16.9. The van der Waals surface area contributed by atoms with E-state index in [9.17, 15) is 14.0 Å². The van der Waals surface area contributed by atoms with Gasteiger partial charge in [-0.05, 0) is 5.56 Å². The molecule has 1 aromatic carbocycles. The summed E-state index contributed by atoms with van der Waals surface area (Å²) in [5, 5.41) is 11.2. The molecule has 0 aliphatic heterocycles. The van der Waals surface area contributed by atoms with Gasteiger partial charge < -0.3 is 15.2 Å². The number of carbonyl (C=O) groups excluding carboxylic acids is 1. The number of aliphatic carboxylic acids is 1. The summed E-state index contributed by atoms with van der Waals surface area (Å²) >= 11 is 1.12. The third-order valence-electron chi connectivity index (χ3n) is 2.31. The number of halogens is 1. The maximum absolute atomic E-state index is 11.9. The molecule has 1 amide bonds. The zero-order valence-electron chi connectivity index (χ0n) is 10.8. The molecule has 0 saturated carbocycles. The first-order valence-electron chi connectivity index (χ1n) is 5.97. The number of alkyl carbamates (subject to hydrolysis) is 1. The molecule has 0 heterocycles. The van der Waals surface area contributed by atoms with Gasteiger partial charge in [0.15, 0.2) is 0 Å². The normalized spacial score (nSPS) is 11.7. The van der Waals surface area contributed by atoms with Crippen molar-refractivity contribution in [2.75, 3.05) is 18.2 Å². The standard InChI is InChI=1S/C13H16FNO4S/c14-6-7-20-9-11(12(16)17)15-13(18)19-8-10-4-2-1-3-5-10/h1-5,11H,6-9H2,(H,15,18)(H,16,17). The Kier molecular flexibility index (Phi) is 7.49. The molecule has 110 valence electrons. The number of hydrogen-bond acceptors (Lipinski definition) is 4. The average molecular weight is 301 g/mol. The van der Waals surface area contributed by atoms with Gasteiger partial charge >= 0.3 is 12.1 Å². The summed E-state index contributed by atoms with van der Waals surface area (Å²) in [5.74, 6) is -0.877. The van der Waals surface area contributed by atoms with Crippen molar-refractivity contribution in [2.45, 2.75) is 12.6 Å². The van der Waals surface area contributed by atoms with Gasteiger partial charge in [0.1, 0.15) is 12.6 Å². The number of hydrogen-bond donors (Lipinski definition) is 2. The number of thioether (sulfide) groups is 1. The Labute approximate surface area is 120 Å². The van der Waals surface area contributed by atoms with E-state index >= 15 is 0 Å². The summed E-state index contributed by atoms with van der Waals surface area (Å²) in [6, 6.07) is 7.95. The van der Waals surface area contributed by atoms with E-state index in [-0.39, 0.29) is 18.1 Å². The predicted molar refractivity (Wildman–Crippen MR) is 74.5 cm³/mol. The largest absolute Gasteiger partial charge is 0.480 e. The van der Waals surface area contributed by atoms with Crippen LogP contribution in [0.15, 0.2) is 30.3 Å². The number of ether oxygens (including phenoxy) is 1. The van der Waals surface area contributed by atoms with Crippen LogP contribution in [0.5, 0.6) is 0 Å². The fourth-order valence-corrected chi connectivity index (χ4v) is 2.07. The number of carboxylic acids is 1. The maximum Gasteiger partial charge on any atom is 0.408 e. The van der Waals surface area contributed by atoms with Gasteiger partial charge in [0.05, 0.1) is 6.67 Å². The quantitative estimate of drug-likeness (QED) is 0.719. The zero-order chi connectivity index (χ0) is 14.8. The molecule has 1 aromatic rings. The van der Waals surface area contributed by atoms with Crippen LogP contribution in [0.4, 0.5) is 9.18 Å². The van der Waals surface area contributed by atoms with Gasteiger partial charge in [-0.3, -0.25) is 4.39 Å². The van der Waals surface area contributed by atoms with Crippen LogP contribution in [0, 0.1) is 0 Å². The Morgan fingerprint density at radius 1 is 1.35 bits per heavy atom. The third kappa shape index (κ3) is 6.42. The summed E-state index contributed by atoms with van der Waals surface area (Å²) in [6.45, 7) is -0.466. The van der Waals surface area contributed by atoms with Crippen molar-refractivity contribution in [1.29, 1.82) is 0 Å². The molecular formula is C13H16FNO4S. The summed E-state index contributed by atoms with van der Waals surface area (Å²) in [4.78, 5) is 22.4. The van der Waals surface area contributed by atoms with Gasteiger partial charge in [-0.2, -0.15) is 11.8 Å². The Balaban J connectivity index is 2.36. The molecule has 0 aliphatic carbocycles. The lowest BCUT2D eigenvalue weighted by molar-refractivity contribution is -0.138. The van der Waals surface area contributed by atoms with E-state index in [0.717, 1.165) is 17.3 Å². The van der Waals surface area contributed by atoms with Crippen molar-refractivity contribution in [3.05, 3.63) is 35.9 Å². The number of carbonyl (C=O) groups is 2. The van der Waals surface area contributed by atoms with Gasteiger partial charge in [-0.25, -0.2) is 9.59 Å². The maximum atomic E-state index is 11.9. The number of carboxylic acid groups (broad SMARTS) is 1. The summed E-state index contributed by atoms with van der Waals surface area (Å²) in [6.07, 6.45) is -0.804. The highest BCUT2D eigenvalue weighted by atomic mass is 32.2. The first kappa shape index (κ1) is 16.3. The number of nitrogens with one attached hydrogen (secondary N) is 1. The molecule has 0 fully saturated rings. The fourth-order valence-electron chi connectivity index (χ4n) is 1.34. The molecule has 0 saturated heterocycles. The van der Waals surface area contributed by atoms with E-state index in [0.29, 0.717) is 0 Å². The van der Waals surface area contributed by atoms with E-state index in [1.165, 1.54) is 0 Å². The molecule has 0 aliphatic rings. The van der Waals surface area contributed by atoms with Crippen LogP contribution < -0.4 is 5.32 Å². The van der Waals surface area contributed by atoms with E-state index in [2.05, 4.69) is 5.32 Å². The molecule has 0 radical (unpaired) electrons. The Bertz CT molecular complexity index is 430. The Hall–Kier alpha value is -1.76. The molecule has 1 atom stereocenters. The number of benzene rings is 1. The first-order valence-corrected chi connectivity index (χ1v) is 7.12. The number of rotatable bonds is 8. The Morgan fingerprint density at radius 3 is 2.65 bits per heavy atom. The smallest absolute Gasteiger partial charge is 0.408 e. The van der Waals surface area contributed by atoms with Crippen molar-refractivity contribution in [1.82, 2.24) is 5.32 Å². The number of amides is 1. The van der Waals surface area contributed by atoms with Gasteiger partial charge in [0, 0.05) is 11.5 Å². The van der Waals surface area contributed by atoms with E-state index in [1.54, 1.807) is 12.1 Å². The molecule has 7 heteroatoms.